The van der Waals surface area contributed by atoms with Gasteiger partial charge in [0.05, 0.1) is 11.1 Å². The fourth-order valence-electron chi connectivity index (χ4n) is 1.82. The molecule has 0 aromatic heterocycles. The van der Waals surface area contributed by atoms with Crippen LogP contribution in [0.1, 0.15) is 36.7 Å². The van der Waals surface area contributed by atoms with Gasteiger partial charge in [0.1, 0.15) is 0 Å². The minimum Gasteiger partial charge on any atom is -0.398 e. The summed E-state index contributed by atoms with van der Waals surface area (Å²) in [4.78, 5) is 13.7. The number of benzene rings is 1. The second-order valence-corrected chi connectivity index (χ2v) is 4.48. The average Bonchev–Trinajstić information content (AvgIpc) is 2.28. The Morgan fingerprint density at radius 2 is 1.95 bits per heavy atom. The van der Waals surface area contributed by atoms with E-state index in [0.717, 1.165) is 18.2 Å². The number of halogens is 3. The number of amides is 1. The first-order valence-electron chi connectivity index (χ1n) is 5.96. The minimum atomic E-state index is -4.49. The fraction of sp³-hybridized carbons (Fsp3) is 0.462. The smallest absolute Gasteiger partial charge is 0.398 e. The van der Waals surface area contributed by atoms with Crippen LogP contribution in [0.5, 0.6) is 0 Å². The lowest BCUT2D eigenvalue weighted by molar-refractivity contribution is -0.137. The van der Waals surface area contributed by atoms with Crippen LogP contribution in [0.2, 0.25) is 0 Å². The molecule has 0 fully saturated rings. The third kappa shape index (κ3) is 3.39. The first-order chi connectivity index (χ1) is 8.68. The molecule has 0 saturated heterocycles. The van der Waals surface area contributed by atoms with Crippen LogP contribution in [0.3, 0.4) is 0 Å². The lowest BCUT2D eigenvalue weighted by Crippen LogP contribution is -2.37. The van der Waals surface area contributed by atoms with Gasteiger partial charge in [-0.25, -0.2) is 0 Å². The Morgan fingerprint density at radius 3 is 2.37 bits per heavy atom. The van der Waals surface area contributed by atoms with Crippen LogP contribution in [0.15, 0.2) is 18.2 Å². The van der Waals surface area contributed by atoms with E-state index in [9.17, 15) is 18.0 Å². The van der Waals surface area contributed by atoms with Crippen molar-refractivity contribution in [2.45, 2.75) is 33.0 Å². The van der Waals surface area contributed by atoms with Crippen molar-refractivity contribution in [3.63, 3.8) is 0 Å². The van der Waals surface area contributed by atoms with Crippen molar-refractivity contribution in [2.24, 2.45) is 0 Å². The summed E-state index contributed by atoms with van der Waals surface area (Å²) in [7, 11) is 0. The summed E-state index contributed by atoms with van der Waals surface area (Å²) in [5.74, 6) is -0.485. The van der Waals surface area contributed by atoms with Crippen LogP contribution in [-0.4, -0.2) is 23.4 Å². The van der Waals surface area contributed by atoms with Gasteiger partial charge in [-0.05, 0) is 39.0 Å². The van der Waals surface area contributed by atoms with E-state index in [-0.39, 0.29) is 17.3 Å². The Morgan fingerprint density at radius 1 is 1.37 bits per heavy atom. The summed E-state index contributed by atoms with van der Waals surface area (Å²) in [6, 6.07) is 2.69. The number of alkyl halides is 3. The van der Waals surface area contributed by atoms with Gasteiger partial charge in [-0.2, -0.15) is 13.2 Å². The van der Waals surface area contributed by atoms with Gasteiger partial charge in [-0.15, -0.1) is 0 Å². The highest BCUT2D eigenvalue weighted by Gasteiger charge is 2.32. The monoisotopic (exact) mass is 274 g/mol. The maximum Gasteiger partial charge on any atom is 0.416 e. The van der Waals surface area contributed by atoms with E-state index in [4.69, 9.17) is 5.73 Å². The van der Waals surface area contributed by atoms with E-state index < -0.39 is 17.6 Å². The van der Waals surface area contributed by atoms with Gasteiger partial charge in [0.2, 0.25) is 0 Å². The molecule has 1 rings (SSSR count). The highest BCUT2D eigenvalue weighted by Crippen LogP contribution is 2.31. The van der Waals surface area contributed by atoms with Gasteiger partial charge in [0.15, 0.2) is 0 Å². The molecule has 0 atom stereocenters. The predicted octanol–water partition coefficient (Wildman–Crippen LogP) is 3.16. The minimum absolute atomic E-state index is 0.0529. The number of anilines is 1. The number of carbonyl (C=O) groups is 1. The number of hydrogen-bond donors (Lipinski definition) is 1. The van der Waals surface area contributed by atoms with Crippen LogP contribution in [0, 0.1) is 0 Å². The molecule has 0 bridgehead atoms. The van der Waals surface area contributed by atoms with E-state index >= 15 is 0 Å². The Balaban J connectivity index is 3.23. The topological polar surface area (TPSA) is 46.3 Å². The fourth-order valence-corrected chi connectivity index (χ4v) is 1.82. The molecule has 0 saturated carbocycles. The van der Waals surface area contributed by atoms with E-state index in [0.29, 0.717) is 6.54 Å². The molecule has 0 aliphatic heterocycles. The van der Waals surface area contributed by atoms with Crippen LogP contribution in [0.4, 0.5) is 18.9 Å². The SMILES string of the molecule is CCN(C(=O)c1cc(C(F)(F)F)ccc1N)C(C)C. The summed E-state index contributed by atoms with van der Waals surface area (Å²) >= 11 is 0. The predicted molar refractivity (Wildman–Crippen MR) is 67.7 cm³/mol. The summed E-state index contributed by atoms with van der Waals surface area (Å²) in [6.45, 7) is 5.77. The zero-order valence-corrected chi connectivity index (χ0v) is 11.1. The second kappa shape index (κ2) is 5.50. The molecule has 0 aliphatic carbocycles. The summed E-state index contributed by atoms with van der Waals surface area (Å²) in [5, 5.41) is 0. The lowest BCUT2D eigenvalue weighted by Gasteiger charge is -2.26. The Kier molecular flexibility index (Phi) is 4.44. The van der Waals surface area contributed by atoms with Crippen molar-refractivity contribution in [3.05, 3.63) is 29.3 Å². The molecule has 0 radical (unpaired) electrons. The zero-order valence-electron chi connectivity index (χ0n) is 11.1. The molecular formula is C13H17F3N2O. The summed E-state index contributed by atoms with van der Waals surface area (Å²) in [5.41, 5.74) is 4.69. The first-order valence-corrected chi connectivity index (χ1v) is 5.96. The van der Waals surface area contributed by atoms with E-state index in [2.05, 4.69) is 0 Å². The second-order valence-electron chi connectivity index (χ2n) is 4.48. The normalized spacial score (nSPS) is 11.7. The molecule has 0 unspecified atom stereocenters. The van der Waals surface area contributed by atoms with Crippen molar-refractivity contribution in [3.8, 4) is 0 Å². The third-order valence-corrected chi connectivity index (χ3v) is 2.84. The van der Waals surface area contributed by atoms with Crippen molar-refractivity contribution >= 4 is 11.6 Å². The molecule has 19 heavy (non-hydrogen) atoms. The van der Waals surface area contributed by atoms with Gasteiger partial charge in [0, 0.05) is 18.3 Å². The number of nitrogens with zero attached hydrogens (tertiary/aromatic N) is 1. The van der Waals surface area contributed by atoms with Crippen LogP contribution < -0.4 is 5.73 Å². The largest absolute Gasteiger partial charge is 0.416 e. The van der Waals surface area contributed by atoms with Gasteiger partial charge in [0.25, 0.3) is 5.91 Å². The molecule has 106 valence electrons. The van der Waals surface area contributed by atoms with Gasteiger partial charge < -0.3 is 10.6 Å². The Labute approximate surface area is 110 Å². The molecule has 2 N–H and O–H groups in total. The van der Waals surface area contributed by atoms with E-state index in [1.54, 1.807) is 20.8 Å². The first kappa shape index (κ1) is 15.3. The summed E-state index contributed by atoms with van der Waals surface area (Å²) in [6.07, 6.45) is -4.49. The molecule has 3 nitrogen and oxygen atoms in total. The molecule has 1 aromatic rings. The number of carbonyl (C=O) groups excluding carboxylic acids is 1. The van der Waals surface area contributed by atoms with Gasteiger partial charge in [-0.1, -0.05) is 0 Å². The maximum absolute atomic E-state index is 12.6. The van der Waals surface area contributed by atoms with E-state index in [1.807, 2.05) is 0 Å². The average molecular weight is 274 g/mol. The molecule has 1 amide bonds. The molecule has 0 heterocycles. The van der Waals surface area contributed by atoms with Gasteiger partial charge in [-0.3, -0.25) is 4.79 Å². The molecule has 0 spiro atoms. The molecular weight excluding hydrogens is 257 g/mol. The highest BCUT2D eigenvalue weighted by atomic mass is 19.4. The van der Waals surface area contributed by atoms with Crippen molar-refractivity contribution < 1.29 is 18.0 Å². The number of nitrogen functional groups attached to an aromatic ring is 1. The Bertz CT molecular complexity index is 469. The van der Waals surface area contributed by atoms with Crippen LogP contribution in [0.25, 0.3) is 0 Å². The van der Waals surface area contributed by atoms with Crippen molar-refractivity contribution in [1.82, 2.24) is 4.90 Å². The zero-order chi connectivity index (χ0) is 14.8. The van der Waals surface area contributed by atoms with Crippen LogP contribution >= 0.6 is 0 Å². The van der Waals surface area contributed by atoms with Crippen LogP contribution in [-0.2, 0) is 6.18 Å². The van der Waals surface area contributed by atoms with Crippen molar-refractivity contribution in [1.29, 1.82) is 0 Å². The molecule has 1 aromatic carbocycles. The third-order valence-electron chi connectivity index (χ3n) is 2.84. The quantitative estimate of drug-likeness (QED) is 0.861. The van der Waals surface area contributed by atoms with Gasteiger partial charge >= 0.3 is 6.18 Å². The lowest BCUT2D eigenvalue weighted by atomic mass is 10.1. The number of rotatable bonds is 3. The standard InChI is InChI=1S/C13H17F3N2O/c1-4-18(8(2)3)12(19)10-7-9(13(14,15)16)5-6-11(10)17/h5-8H,4,17H2,1-3H3. The molecule has 0 aliphatic rings. The van der Waals surface area contributed by atoms with Crippen molar-refractivity contribution in [2.75, 3.05) is 12.3 Å². The summed E-state index contributed by atoms with van der Waals surface area (Å²) < 4.78 is 37.9. The number of nitrogens with two attached hydrogens (primary N) is 1. The highest BCUT2D eigenvalue weighted by molar-refractivity contribution is 5.99. The molecule has 6 heteroatoms. The maximum atomic E-state index is 12.6. The number of hydrogen-bond acceptors (Lipinski definition) is 2. The Hall–Kier alpha value is -1.72. The van der Waals surface area contributed by atoms with E-state index in [1.165, 1.54) is 4.90 Å².